The van der Waals surface area contributed by atoms with Crippen LogP contribution < -0.4 is 0 Å². The van der Waals surface area contributed by atoms with E-state index in [-0.39, 0.29) is 24.6 Å². The molecule has 0 unspecified atom stereocenters. The van der Waals surface area contributed by atoms with Crippen molar-refractivity contribution in [3.05, 3.63) is 35.9 Å². The van der Waals surface area contributed by atoms with Gasteiger partial charge in [-0.25, -0.2) is 4.79 Å². The zero-order valence-corrected chi connectivity index (χ0v) is 13.3. The summed E-state index contributed by atoms with van der Waals surface area (Å²) in [6.45, 7) is 6.95. The van der Waals surface area contributed by atoms with Crippen molar-refractivity contribution in [3.63, 3.8) is 0 Å². The number of rotatable bonds is 4. The summed E-state index contributed by atoms with van der Waals surface area (Å²) >= 11 is 0. The van der Waals surface area contributed by atoms with Crippen LogP contribution in [0.5, 0.6) is 0 Å². The van der Waals surface area contributed by atoms with Gasteiger partial charge in [0.15, 0.2) is 12.4 Å². The third-order valence-electron chi connectivity index (χ3n) is 4.39. The van der Waals surface area contributed by atoms with Gasteiger partial charge in [-0.05, 0) is 26.3 Å². The highest BCUT2D eigenvalue weighted by Gasteiger charge is 2.55. The molecule has 1 aromatic carbocycles. The summed E-state index contributed by atoms with van der Waals surface area (Å²) in [5.41, 5.74) is 0.694. The van der Waals surface area contributed by atoms with Crippen LogP contribution in [0.1, 0.15) is 32.8 Å². The van der Waals surface area contributed by atoms with Crippen molar-refractivity contribution >= 4 is 6.09 Å². The Morgan fingerprint density at radius 1 is 1.36 bits per heavy atom. The second kappa shape index (κ2) is 5.89. The van der Waals surface area contributed by atoms with Crippen molar-refractivity contribution in [3.8, 4) is 0 Å². The zero-order valence-electron chi connectivity index (χ0n) is 13.3. The average molecular weight is 305 g/mol. The second-order valence-corrected chi connectivity index (χ2v) is 6.45. The van der Waals surface area contributed by atoms with Crippen molar-refractivity contribution in [1.82, 2.24) is 4.90 Å². The fourth-order valence-electron chi connectivity index (χ4n) is 3.14. The van der Waals surface area contributed by atoms with Crippen LogP contribution in [-0.4, -0.2) is 41.6 Å². The molecule has 5 heteroatoms. The molecule has 2 saturated heterocycles. The summed E-state index contributed by atoms with van der Waals surface area (Å²) in [7, 11) is 0. The van der Waals surface area contributed by atoms with E-state index < -0.39 is 5.54 Å². The molecule has 1 aromatic rings. The van der Waals surface area contributed by atoms with Crippen molar-refractivity contribution < 1.29 is 19.0 Å². The van der Waals surface area contributed by atoms with E-state index in [2.05, 4.69) is 6.92 Å². The highest BCUT2D eigenvalue weighted by Crippen LogP contribution is 2.40. The van der Waals surface area contributed by atoms with Gasteiger partial charge < -0.3 is 14.2 Å². The Labute approximate surface area is 131 Å². The zero-order chi connectivity index (χ0) is 15.7. The predicted molar refractivity (Wildman–Crippen MR) is 81.2 cm³/mol. The Morgan fingerprint density at radius 3 is 2.77 bits per heavy atom. The van der Waals surface area contributed by atoms with E-state index in [0.29, 0.717) is 19.6 Å². The van der Waals surface area contributed by atoms with Gasteiger partial charge in [0.1, 0.15) is 0 Å². The molecular formula is C17H23NO4. The summed E-state index contributed by atoms with van der Waals surface area (Å²) in [5.74, 6) is 0. The van der Waals surface area contributed by atoms with Crippen LogP contribution in [0.3, 0.4) is 0 Å². The predicted octanol–water partition coefficient (Wildman–Crippen LogP) is 2.94. The molecule has 1 amide bonds. The molecule has 22 heavy (non-hydrogen) atoms. The maximum atomic E-state index is 12.3. The first-order valence-electron chi connectivity index (χ1n) is 7.78. The van der Waals surface area contributed by atoms with Gasteiger partial charge in [-0.1, -0.05) is 30.3 Å². The smallest absolute Gasteiger partial charge is 0.411 e. The van der Waals surface area contributed by atoms with Gasteiger partial charge in [0, 0.05) is 13.0 Å². The maximum Gasteiger partial charge on any atom is 0.411 e. The van der Waals surface area contributed by atoms with Crippen LogP contribution in [-0.2, 0) is 20.8 Å². The Hall–Kier alpha value is -1.59. The molecule has 0 bridgehead atoms. The number of ether oxygens (including phenoxy) is 3. The fraction of sp³-hybridized carbons (Fsp3) is 0.588. The summed E-state index contributed by atoms with van der Waals surface area (Å²) in [6.07, 6.45) is -0.102. The first-order chi connectivity index (χ1) is 10.5. The molecule has 5 nitrogen and oxygen atoms in total. The molecule has 0 saturated carbocycles. The Kier molecular flexibility index (Phi) is 4.10. The molecular weight excluding hydrogens is 282 g/mol. The average Bonchev–Trinajstić information content (AvgIpc) is 2.71. The van der Waals surface area contributed by atoms with Crippen LogP contribution in [0, 0.1) is 0 Å². The second-order valence-electron chi connectivity index (χ2n) is 6.45. The number of benzene rings is 1. The molecule has 3 atom stereocenters. The van der Waals surface area contributed by atoms with E-state index in [0.717, 1.165) is 5.56 Å². The lowest BCUT2D eigenvalue weighted by Crippen LogP contribution is -2.56. The van der Waals surface area contributed by atoms with Gasteiger partial charge in [0.25, 0.3) is 0 Å². The lowest BCUT2D eigenvalue weighted by Gasteiger charge is -2.42. The Morgan fingerprint density at radius 2 is 2.09 bits per heavy atom. The van der Waals surface area contributed by atoms with E-state index >= 15 is 0 Å². The third-order valence-corrected chi connectivity index (χ3v) is 4.39. The number of fused-ring (bicyclic) bond motifs is 1. The van der Waals surface area contributed by atoms with E-state index in [9.17, 15) is 4.79 Å². The number of nitrogens with zero attached hydrogens (tertiary/aromatic N) is 1. The SMILES string of the molecule is CC(C)O[C@H]1C[C@@]2(C)[C@@H](CO1)OC(=O)N2Cc1ccccc1. The van der Waals surface area contributed by atoms with E-state index in [1.165, 1.54) is 0 Å². The molecule has 0 radical (unpaired) electrons. The van der Waals surface area contributed by atoms with Crippen LogP contribution in [0.25, 0.3) is 0 Å². The molecule has 0 N–H and O–H groups in total. The highest BCUT2D eigenvalue weighted by molar-refractivity contribution is 5.72. The lowest BCUT2D eigenvalue weighted by molar-refractivity contribution is -0.219. The minimum absolute atomic E-state index is 0.0887. The van der Waals surface area contributed by atoms with Gasteiger partial charge in [-0.2, -0.15) is 0 Å². The van der Waals surface area contributed by atoms with Gasteiger partial charge in [-0.3, -0.25) is 4.90 Å². The molecule has 2 fully saturated rings. The van der Waals surface area contributed by atoms with Crippen LogP contribution >= 0.6 is 0 Å². The molecule has 2 aliphatic heterocycles. The fourth-order valence-corrected chi connectivity index (χ4v) is 3.14. The molecule has 2 aliphatic rings. The number of carbonyl (C=O) groups excluding carboxylic acids is 1. The number of carbonyl (C=O) groups is 1. The van der Waals surface area contributed by atoms with Gasteiger partial charge in [0.05, 0.1) is 18.2 Å². The molecule has 0 spiro atoms. The standard InChI is InChI=1S/C17H23NO4/c1-12(2)21-15-9-17(3)14(11-20-15)22-16(19)18(17)10-13-7-5-4-6-8-13/h4-8,12,14-15H,9-11H2,1-3H3/t14-,15+,17+/m1/s1. The minimum Gasteiger partial charge on any atom is -0.441 e. The normalized spacial score (nSPS) is 31.3. The molecule has 3 rings (SSSR count). The number of hydrogen-bond donors (Lipinski definition) is 0. The van der Waals surface area contributed by atoms with E-state index in [4.69, 9.17) is 14.2 Å². The lowest BCUT2D eigenvalue weighted by atomic mass is 9.87. The van der Waals surface area contributed by atoms with Crippen molar-refractivity contribution in [2.24, 2.45) is 0 Å². The topological polar surface area (TPSA) is 48.0 Å². The Bertz CT molecular complexity index is 533. The number of amides is 1. The monoisotopic (exact) mass is 305 g/mol. The van der Waals surface area contributed by atoms with Crippen molar-refractivity contribution in [2.45, 2.75) is 57.8 Å². The van der Waals surface area contributed by atoms with E-state index in [1.807, 2.05) is 49.1 Å². The molecule has 120 valence electrons. The van der Waals surface area contributed by atoms with Crippen LogP contribution in [0.2, 0.25) is 0 Å². The minimum atomic E-state index is -0.398. The summed E-state index contributed by atoms with van der Waals surface area (Å²) in [6, 6.07) is 9.96. The quantitative estimate of drug-likeness (QED) is 0.858. The maximum absolute atomic E-state index is 12.3. The Balaban J connectivity index is 1.78. The van der Waals surface area contributed by atoms with E-state index in [1.54, 1.807) is 0 Å². The summed E-state index contributed by atoms with van der Waals surface area (Å²) < 4.78 is 17.0. The first-order valence-corrected chi connectivity index (χ1v) is 7.78. The van der Waals surface area contributed by atoms with Crippen molar-refractivity contribution in [1.29, 1.82) is 0 Å². The van der Waals surface area contributed by atoms with Gasteiger partial charge >= 0.3 is 6.09 Å². The largest absolute Gasteiger partial charge is 0.441 e. The van der Waals surface area contributed by atoms with Crippen molar-refractivity contribution in [2.75, 3.05) is 6.61 Å². The summed E-state index contributed by atoms with van der Waals surface area (Å²) in [5, 5.41) is 0. The van der Waals surface area contributed by atoms with Gasteiger partial charge in [-0.15, -0.1) is 0 Å². The number of hydrogen-bond acceptors (Lipinski definition) is 4. The first kappa shape index (κ1) is 15.3. The molecule has 0 aromatic heterocycles. The van der Waals surface area contributed by atoms with Gasteiger partial charge in [0.2, 0.25) is 0 Å². The molecule has 0 aliphatic carbocycles. The highest BCUT2D eigenvalue weighted by atomic mass is 16.7. The summed E-state index contributed by atoms with van der Waals surface area (Å²) in [4.78, 5) is 14.1. The van der Waals surface area contributed by atoms with Crippen LogP contribution in [0.4, 0.5) is 4.79 Å². The van der Waals surface area contributed by atoms with Crippen LogP contribution in [0.15, 0.2) is 30.3 Å². The molecule has 2 heterocycles. The third kappa shape index (κ3) is 2.83.